The van der Waals surface area contributed by atoms with Gasteiger partial charge in [0.05, 0.1) is 24.6 Å². The number of aromatic nitrogens is 3. The number of morpholine rings is 1. The van der Waals surface area contributed by atoms with Crippen LogP contribution in [-0.2, 0) is 16.0 Å². The van der Waals surface area contributed by atoms with Crippen LogP contribution in [0.4, 0.5) is 5.69 Å². The third-order valence-electron chi connectivity index (χ3n) is 6.40. The molecule has 1 aromatic carbocycles. The summed E-state index contributed by atoms with van der Waals surface area (Å²) in [4.78, 5) is 20.0. The highest BCUT2D eigenvalue weighted by atomic mass is 16.5. The smallest absolute Gasteiger partial charge is 0.159 e. The summed E-state index contributed by atoms with van der Waals surface area (Å²) >= 11 is 0. The number of ketones is 1. The van der Waals surface area contributed by atoms with E-state index < -0.39 is 0 Å². The number of aryl methyl sites for hydroxylation is 1. The molecule has 0 N–H and O–H groups in total. The van der Waals surface area contributed by atoms with E-state index in [9.17, 15) is 4.79 Å². The molecule has 0 radical (unpaired) electrons. The van der Waals surface area contributed by atoms with Crippen LogP contribution in [-0.4, -0.2) is 46.9 Å². The van der Waals surface area contributed by atoms with Crippen molar-refractivity contribution in [3.8, 4) is 17.1 Å². The molecule has 0 spiro atoms. The van der Waals surface area contributed by atoms with Gasteiger partial charge >= 0.3 is 0 Å². The summed E-state index contributed by atoms with van der Waals surface area (Å²) in [7, 11) is 0. The fourth-order valence-electron chi connectivity index (χ4n) is 4.56. The first-order valence-corrected chi connectivity index (χ1v) is 11.9. The van der Waals surface area contributed by atoms with Crippen molar-refractivity contribution in [1.82, 2.24) is 14.8 Å². The molecule has 33 heavy (non-hydrogen) atoms. The number of allylic oxidation sites excluding steroid dienone is 1. The van der Waals surface area contributed by atoms with Gasteiger partial charge in [0.15, 0.2) is 11.6 Å². The molecule has 5 rings (SSSR count). The molecule has 3 heterocycles. The van der Waals surface area contributed by atoms with Crippen molar-refractivity contribution in [2.45, 2.75) is 39.5 Å². The molecule has 1 aliphatic carbocycles. The lowest BCUT2D eigenvalue weighted by Crippen LogP contribution is -2.37. The van der Waals surface area contributed by atoms with E-state index in [4.69, 9.17) is 14.8 Å². The number of nitrogens with zero attached hydrogens (tertiary/aromatic N) is 4. The van der Waals surface area contributed by atoms with Gasteiger partial charge in [-0.05, 0) is 31.6 Å². The van der Waals surface area contributed by atoms with Crippen molar-refractivity contribution in [2.75, 3.05) is 31.2 Å². The van der Waals surface area contributed by atoms with Crippen molar-refractivity contribution in [2.24, 2.45) is 0 Å². The summed E-state index contributed by atoms with van der Waals surface area (Å²) in [6.45, 7) is 7.29. The van der Waals surface area contributed by atoms with E-state index in [0.29, 0.717) is 26.1 Å². The fraction of sp³-hybridized carbons (Fsp3) is 0.370. The van der Waals surface area contributed by atoms with Gasteiger partial charge in [0.1, 0.15) is 0 Å². The zero-order chi connectivity index (χ0) is 22.8. The highest BCUT2D eigenvalue weighted by Crippen LogP contribution is 2.35. The van der Waals surface area contributed by atoms with Crippen LogP contribution in [0.2, 0.25) is 0 Å². The van der Waals surface area contributed by atoms with Gasteiger partial charge in [0.25, 0.3) is 0 Å². The monoisotopic (exact) mass is 442 g/mol. The van der Waals surface area contributed by atoms with E-state index in [0.717, 1.165) is 65.5 Å². The van der Waals surface area contributed by atoms with Gasteiger partial charge in [-0.2, -0.15) is 5.10 Å². The van der Waals surface area contributed by atoms with E-state index in [2.05, 4.69) is 49.1 Å². The predicted octanol–water partition coefficient (Wildman–Crippen LogP) is 4.78. The van der Waals surface area contributed by atoms with Crippen LogP contribution in [0.25, 0.3) is 23.2 Å². The molecule has 0 saturated carbocycles. The number of hydrogen-bond acceptors (Lipinski definition) is 5. The number of unbranched alkanes of at least 4 members (excludes halogenated alkanes) is 1. The third-order valence-corrected chi connectivity index (χ3v) is 6.40. The maximum Gasteiger partial charge on any atom is 0.159 e. The summed E-state index contributed by atoms with van der Waals surface area (Å²) in [5.74, 6) is 1.01. The molecule has 6 nitrogen and oxygen atoms in total. The molecule has 2 aromatic heterocycles. The SMILES string of the molecule is CCCCC(=O)C1=Cc2nc(-n3ccc(-c4cccc(C)c4)n3)cc(N3CCOCC3)c2C1. The maximum absolute atomic E-state index is 12.8. The zero-order valence-electron chi connectivity index (χ0n) is 19.4. The topological polar surface area (TPSA) is 60.2 Å². The number of pyridine rings is 1. The Labute approximate surface area is 194 Å². The summed E-state index contributed by atoms with van der Waals surface area (Å²) in [6, 6.07) is 12.5. The Balaban J connectivity index is 1.52. The average Bonchev–Trinajstić information content (AvgIpc) is 3.50. The lowest BCUT2D eigenvalue weighted by molar-refractivity contribution is -0.115. The summed E-state index contributed by atoms with van der Waals surface area (Å²) in [6.07, 6.45) is 7.17. The van der Waals surface area contributed by atoms with Crippen molar-refractivity contribution < 1.29 is 9.53 Å². The van der Waals surface area contributed by atoms with Gasteiger partial charge in [-0.1, -0.05) is 37.1 Å². The van der Waals surface area contributed by atoms with Crippen LogP contribution in [0.5, 0.6) is 0 Å². The number of Topliss-reactive ketones (excluding diaryl/α,β-unsaturated/α-hetero) is 1. The lowest BCUT2D eigenvalue weighted by Gasteiger charge is -2.30. The molecular formula is C27H30N4O2. The van der Waals surface area contributed by atoms with Crippen molar-refractivity contribution >= 4 is 17.5 Å². The van der Waals surface area contributed by atoms with Crippen molar-refractivity contribution in [1.29, 1.82) is 0 Å². The largest absolute Gasteiger partial charge is 0.378 e. The summed E-state index contributed by atoms with van der Waals surface area (Å²) in [5, 5.41) is 4.82. The number of carbonyl (C=O) groups excluding carboxylic acids is 1. The highest BCUT2D eigenvalue weighted by Gasteiger charge is 2.26. The summed E-state index contributed by atoms with van der Waals surface area (Å²) < 4.78 is 7.42. The Hall–Kier alpha value is -3.25. The van der Waals surface area contributed by atoms with Crippen LogP contribution in [0.15, 0.2) is 48.2 Å². The number of benzene rings is 1. The Bertz CT molecular complexity index is 1200. The standard InChI is InChI=1S/C27H30N4O2/c1-3-4-8-26(32)21-16-22-24(17-21)28-27(18-25(22)30-11-13-33-14-12-30)31-10-9-23(29-31)20-7-5-6-19(2)15-20/h5-7,9-10,15,17-18H,3-4,8,11-14,16H2,1-2H3. The molecule has 0 amide bonds. The van der Waals surface area contributed by atoms with E-state index in [1.165, 1.54) is 5.56 Å². The molecule has 3 aromatic rings. The minimum atomic E-state index is 0.241. The molecule has 1 saturated heterocycles. The molecular weight excluding hydrogens is 412 g/mol. The third kappa shape index (κ3) is 4.48. The zero-order valence-corrected chi connectivity index (χ0v) is 19.4. The minimum Gasteiger partial charge on any atom is -0.378 e. The quantitative estimate of drug-likeness (QED) is 0.527. The Morgan fingerprint density at radius 2 is 2.00 bits per heavy atom. The van der Waals surface area contributed by atoms with Crippen LogP contribution < -0.4 is 4.90 Å². The molecule has 170 valence electrons. The second-order valence-electron chi connectivity index (χ2n) is 8.85. The van der Waals surface area contributed by atoms with Crippen molar-refractivity contribution in [3.05, 3.63) is 65.0 Å². The molecule has 0 atom stereocenters. The van der Waals surface area contributed by atoms with Crippen molar-refractivity contribution in [3.63, 3.8) is 0 Å². The van der Waals surface area contributed by atoms with Crippen LogP contribution in [0, 0.1) is 6.92 Å². The van der Waals surface area contributed by atoms with E-state index in [1.807, 2.05) is 23.0 Å². The van der Waals surface area contributed by atoms with Gasteiger partial charge in [-0.15, -0.1) is 0 Å². The molecule has 0 bridgehead atoms. The first-order chi connectivity index (χ1) is 16.1. The summed E-state index contributed by atoms with van der Waals surface area (Å²) in [5.41, 5.74) is 7.26. The predicted molar refractivity (Wildman–Crippen MR) is 131 cm³/mol. The van der Waals surface area contributed by atoms with Gasteiger partial charge in [-0.3, -0.25) is 4.79 Å². The van der Waals surface area contributed by atoms with Crippen LogP contribution >= 0.6 is 0 Å². The van der Waals surface area contributed by atoms with Gasteiger partial charge in [0, 0.05) is 60.6 Å². The number of ether oxygens (including phenoxy) is 1. The molecule has 1 aliphatic heterocycles. The minimum absolute atomic E-state index is 0.241. The number of hydrogen-bond donors (Lipinski definition) is 0. The number of rotatable bonds is 7. The normalized spacial score (nSPS) is 15.5. The van der Waals surface area contributed by atoms with Gasteiger partial charge < -0.3 is 9.64 Å². The first kappa shape index (κ1) is 21.6. The molecule has 0 unspecified atom stereocenters. The fourth-order valence-corrected chi connectivity index (χ4v) is 4.56. The van der Waals surface area contributed by atoms with Gasteiger partial charge in [0.2, 0.25) is 0 Å². The first-order valence-electron chi connectivity index (χ1n) is 11.9. The van der Waals surface area contributed by atoms with Crippen LogP contribution in [0.3, 0.4) is 0 Å². The molecule has 6 heteroatoms. The highest BCUT2D eigenvalue weighted by molar-refractivity contribution is 6.02. The Kier molecular flexibility index (Phi) is 6.09. The second kappa shape index (κ2) is 9.32. The number of fused-ring (bicyclic) bond motifs is 1. The lowest BCUT2D eigenvalue weighted by atomic mass is 10.0. The van der Waals surface area contributed by atoms with Gasteiger partial charge in [-0.25, -0.2) is 9.67 Å². The molecule has 2 aliphatic rings. The Morgan fingerprint density at radius 3 is 2.79 bits per heavy atom. The average molecular weight is 443 g/mol. The Morgan fingerprint density at radius 1 is 1.15 bits per heavy atom. The van der Waals surface area contributed by atoms with E-state index >= 15 is 0 Å². The number of anilines is 1. The van der Waals surface area contributed by atoms with E-state index in [-0.39, 0.29) is 5.78 Å². The maximum atomic E-state index is 12.8. The second-order valence-corrected chi connectivity index (χ2v) is 8.85. The van der Waals surface area contributed by atoms with E-state index in [1.54, 1.807) is 0 Å². The number of carbonyl (C=O) groups is 1. The van der Waals surface area contributed by atoms with Crippen LogP contribution in [0.1, 0.15) is 43.0 Å². The molecule has 1 fully saturated rings.